The molecule has 1 aromatic heterocycles. The van der Waals surface area contributed by atoms with Gasteiger partial charge in [-0.1, -0.05) is 30.3 Å². The molecule has 2 aromatic rings. The average Bonchev–Trinajstić information content (AvgIpc) is 2.60. The van der Waals surface area contributed by atoms with E-state index in [2.05, 4.69) is 10.3 Å². The zero-order chi connectivity index (χ0) is 11.5. The van der Waals surface area contributed by atoms with E-state index in [1.165, 1.54) is 11.3 Å². The fourth-order valence-corrected chi connectivity index (χ4v) is 2.23. The van der Waals surface area contributed by atoms with Crippen LogP contribution in [0.15, 0.2) is 30.3 Å². The van der Waals surface area contributed by atoms with Crippen molar-refractivity contribution in [2.24, 2.45) is 0 Å². The molecular formula is C11H10N2O2S. The molecule has 2 rings (SSSR count). The molecule has 1 amide bonds. The van der Waals surface area contributed by atoms with E-state index in [1.807, 2.05) is 37.3 Å². The summed E-state index contributed by atoms with van der Waals surface area (Å²) in [6.45, 7) is 1.85. The Hall–Kier alpha value is -1.88. The first-order valence-electron chi connectivity index (χ1n) is 4.69. The number of aromatic nitrogens is 1. The molecule has 0 atom stereocenters. The van der Waals surface area contributed by atoms with Crippen LogP contribution in [0.4, 0.5) is 9.80 Å². The van der Waals surface area contributed by atoms with Crippen molar-refractivity contribution >= 4 is 22.4 Å². The highest BCUT2D eigenvalue weighted by Gasteiger charge is 2.12. The maximum absolute atomic E-state index is 10.6. The summed E-state index contributed by atoms with van der Waals surface area (Å²) in [5.41, 5.74) is 1.60. The monoisotopic (exact) mass is 234 g/mol. The number of carboxylic acid groups (broad SMARTS) is 1. The summed E-state index contributed by atoms with van der Waals surface area (Å²) < 4.78 is 0. The zero-order valence-electron chi connectivity index (χ0n) is 8.60. The van der Waals surface area contributed by atoms with Gasteiger partial charge in [0.25, 0.3) is 0 Å². The van der Waals surface area contributed by atoms with Gasteiger partial charge in [0.05, 0.1) is 5.01 Å². The minimum Gasteiger partial charge on any atom is -0.465 e. The number of nitrogens with one attached hydrogen (secondary N) is 1. The first kappa shape index (κ1) is 10.6. The first-order chi connectivity index (χ1) is 7.66. The van der Waals surface area contributed by atoms with Crippen LogP contribution in [0, 0.1) is 6.92 Å². The number of hydrogen-bond donors (Lipinski definition) is 2. The molecule has 0 aliphatic heterocycles. The van der Waals surface area contributed by atoms with E-state index in [0.29, 0.717) is 10.7 Å². The summed E-state index contributed by atoms with van der Waals surface area (Å²) >= 11 is 1.33. The van der Waals surface area contributed by atoms with Gasteiger partial charge >= 0.3 is 6.09 Å². The van der Waals surface area contributed by atoms with Crippen LogP contribution in [0.2, 0.25) is 0 Å². The Morgan fingerprint density at radius 1 is 1.38 bits per heavy atom. The molecule has 0 bridgehead atoms. The molecule has 0 spiro atoms. The molecule has 0 saturated carbocycles. The summed E-state index contributed by atoms with van der Waals surface area (Å²) in [6.07, 6.45) is -1.07. The number of rotatable bonds is 2. The minimum absolute atomic E-state index is 0.566. The van der Waals surface area contributed by atoms with Crippen LogP contribution >= 0.6 is 11.3 Å². The SMILES string of the molecule is Cc1nc(-c2ccccc2)c(NC(=O)O)s1. The van der Waals surface area contributed by atoms with Crippen molar-refractivity contribution in [3.63, 3.8) is 0 Å². The fourth-order valence-electron chi connectivity index (χ4n) is 1.40. The summed E-state index contributed by atoms with van der Waals surface area (Å²) in [4.78, 5) is 15.0. The fraction of sp³-hybridized carbons (Fsp3) is 0.0909. The smallest absolute Gasteiger partial charge is 0.409 e. The van der Waals surface area contributed by atoms with Gasteiger partial charge in [0.15, 0.2) is 0 Å². The van der Waals surface area contributed by atoms with Crippen molar-refractivity contribution in [2.75, 3.05) is 5.32 Å². The number of thiazole rings is 1. The summed E-state index contributed by atoms with van der Waals surface area (Å²) in [5, 5.41) is 12.5. The molecule has 0 unspecified atom stereocenters. The van der Waals surface area contributed by atoms with E-state index in [9.17, 15) is 4.79 Å². The van der Waals surface area contributed by atoms with E-state index in [0.717, 1.165) is 10.6 Å². The lowest BCUT2D eigenvalue weighted by molar-refractivity contribution is 0.210. The number of nitrogens with zero attached hydrogens (tertiary/aromatic N) is 1. The predicted molar refractivity (Wildman–Crippen MR) is 63.9 cm³/mol. The second-order valence-corrected chi connectivity index (χ2v) is 4.41. The van der Waals surface area contributed by atoms with Gasteiger partial charge in [0.2, 0.25) is 0 Å². The number of benzene rings is 1. The highest BCUT2D eigenvalue weighted by Crippen LogP contribution is 2.32. The zero-order valence-corrected chi connectivity index (χ0v) is 9.41. The van der Waals surface area contributed by atoms with Crippen molar-refractivity contribution in [1.29, 1.82) is 0 Å². The second-order valence-electron chi connectivity index (χ2n) is 3.21. The van der Waals surface area contributed by atoms with Gasteiger partial charge in [-0.25, -0.2) is 9.78 Å². The molecular weight excluding hydrogens is 224 g/mol. The third-order valence-corrected chi connectivity index (χ3v) is 2.89. The summed E-state index contributed by atoms with van der Waals surface area (Å²) in [6, 6.07) is 9.51. The number of hydrogen-bond acceptors (Lipinski definition) is 3. The van der Waals surface area contributed by atoms with Gasteiger partial charge in [-0.05, 0) is 6.92 Å². The molecule has 0 radical (unpaired) electrons. The molecule has 2 N–H and O–H groups in total. The molecule has 1 aromatic carbocycles. The van der Waals surface area contributed by atoms with Crippen LogP contribution in [-0.4, -0.2) is 16.2 Å². The molecule has 4 nitrogen and oxygen atoms in total. The van der Waals surface area contributed by atoms with Crippen LogP contribution < -0.4 is 5.32 Å². The Morgan fingerprint density at radius 3 is 2.69 bits per heavy atom. The van der Waals surface area contributed by atoms with Crippen molar-refractivity contribution in [1.82, 2.24) is 4.98 Å². The van der Waals surface area contributed by atoms with Crippen molar-refractivity contribution in [2.45, 2.75) is 6.92 Å². The lowest BCUT2D eigenvalue weighted by Gasteiger charge is -2.00. The van der Waals surface area contributed by atoms with Gasteiger partial charge in [-0.15, -0.1) is 11.3 Å². The van der Waals surface area contributed by atoms with Gasteiger partial charge in [0.1, 0.15) is 10.7 Å². The Balaban J connectivity index is 2.44. The van der Waals surface area contributed by atoms with E-state index < -0.39 is 6.09 Å². The maximum Gasteiger partial charge on any atom is 0.409 e. The standard InChI is InChI=1S/C11H10N2O2S/c1-7-12-9(8-5-3-2-4-6-8)10(16-7)13-11(14)15/h2-6,13H,1H3,(H,14,15). The highest BCUT2D eigenvalue weighted by molar-refractivity contribution is 7.16. The molecule has 1 heterocycles. The number of aryl methyl sites for hydroxylation is 1. The van der Waals surface area contributed by atoms with Crippen molar-refractivity contribution < 1.29 is 9.90 Å². The Labute approximate surface area is 96.6 Å². The van der Waals surface area contributed by atoms with E-state index in [-0.39, 0.29) is 0 Å². The topological polar surface area (TPSA) is 62.2 Å². The lowest BCUT2D eigenvalue weighted by atomic mass is 10.2. The normalized spacial score (nSPS) is 10.1. The van der Waals surface area contributed by atoms with Crippen molar-refractivity contribution in [3.05, 3.63) is 35.3 Å². The van der Waals surface area contributed by atoms with Crippen LogP contribution in [-0.2, 0) is 0 Å². The maximum atomic E-state index is 10.6. The average molecular weight is 234 g/mol. The van der Waals surface area contributed by atoms with E-state index >= 15 is 0 Å². The largest absolute Gasteiger partial charge is 0.465 e. The Bertz CT molecular complexity index is 508. The molecule has 0 aliphatic carbocycles. The number of amides is 1. The number of anilines is 1. The van der Waals surface area contributed by atoms with E-state index in [4.69, 9.17) is 5.11 Å². The van der Waals surface area contributed by atoms with Crippen LogP contribution in [0.1, 0.15) is 5.01 Å². The Morgan fingerprint density at radius 2 is 2.06 bits per heavy atom. The molecule has 0 fully saturated rings. The van der Waals surface area contributed by atoms with Gasteiger partial charge < -0.3 is 5.11 Å². The molecule has 0 saturated heterocycles. The van der Waals surface area contributed by atoms with Gasteiger partial charge in [-0.3, -0.25) is 5.32 Å². The molecule has 5 heteroatoms. The Kier molecular flexibility index (Phi) is 2.87. The minimum atomic E-state index is -1.07. The van der Waals surface area contributed by atoms with Gasteiger partial charge in [0, 0.05) is 5.56 Å². The lowest BCUT2D eigenvalue weighted by Crippen LogP contribution is -2.06. The summed E-state index contributed by atoms with van der Waals surface area (Å²) in [7, 11) is 0. The third kappa shape index (κ3) is 2.20. The quantitative estimate of drug-likeness (QED) is 0.838. The second kappa shape index (κ2) is 4.32. The van der Waals surface area contributed by atoms with E-state index in [1.54, 1.807) is 0 Å². The first-order valence-corrected chi connectivity index (χ1v) is 5.51. The van der Waals surface area contributed by atoms with Crippen LogP contribution in [0.5, 0.6) is 0 Å². The highest BCUT2D eigenvalue weighted by atomic mass is 32.1. The number of carbonyl (C=O) groups is 1. The van der Waals surface area contributed by atoms with Gasteiger partial charge in [-0.2, -0.15) is 0 Å². The van der Waals surface area contributed by atoms with Crippen LogP contribution in [0.25, 0.3) is 11.3 Å². The summed E-state index contributed by atoms with van der Waals surface area (Å²) in [5.74, 6) is 0. The molecule has 0 aliphatic rings. The molecule has 16 heavy (non-hydrogen) atoms. The third-order valence-electron chi connectivity index (χ3n) is 2.00. The van der Waals surface area contributed by atoms with Crippen molar-refractivity contribution in [3.8, 4) is 11.3 Å². The predicted octanol–water partition coefficient (Wildman–Crippen LogP) is 3.21. The molecule has 82 valence electrons. The van der Waals surface area contributed by atoms with Crippen LogP contribution in [0.3, 0.4) is 0 Å².